The molecule has 0 radical (unpaired) electrons. The van der Waals surface area contributed by atoms with Crippen molar-refractivity contribution in [2.45, 2.75) is 38.5 Å². The second-order valence-corrected chi connectivity index (χ2v) is 6.44. The maximum absolute atomic E-state index is 4.32. The Morgan fingerprint density at radius 2 is 2.37 bits per heavy atom. The summed E-state index contributed by atoms with van der Waals surface area (Å²) < 4.78 is 0. The molecule has 19 heavy (non-hydrogen) atoms. The fourth-order valence-electron chi connectivity index (χ4n) is 2.43. The van der Waals surface area contributed by atoms with Crippen molar-refractivity contribution >= 4 is 17.4 Å². The topological polar surface area (TPSA) is 28.2 Å². The van der Waals surface area contributed by atoms with E-state index in [0.29, 0.717) is 0 Å². The quantitative estimate of drug-likeness (QED) is 0.811. The van der Waals surface area contributed by atoms with Crippen molar-refractivity contribution in [3.05, 3.63) is 24.0 Å². The first-order chi connectivity index (χ1) is 9.35. The highest BCUT2D eigenvalue weighted by Gasteiger charge is 2.20. The minimum Gasteiger partial charge on any atom is -0.368 e. The van der Waals surface area contributed by atoms with Gasteiger partial charge in [0.25, 0.3) is 0 Å². The minimum atomic E-state index is 0.769. The molecule has 4 heteroatoms. The van der Waals surface area contributed by atoms with Crippen LogP contribution in [0, 0.1) is 0 Å². The van der Waals surface area contributed by atoms with E-state index in [1.807, 2.05) is 12.4 Å². The number of hydrogen-bond donors (Lipinski definition) is 1. The molecular formula is C15H25N3S. The Morgan fingerprint density at radius 1 is 1.47 bits per heavy atom. The highest BCUT2D eigenvalue weighted by atomic mass is 32.2. The highest BCUT2D eigenvalue weighted by Crippen LogP contribution is 2.27. The summed E-state index contributed by atoms with van der Waals surface area (Å²) in [5, 5.41) is 4.27. The summed E-state index contributed by atoms with van der Waals surface area (Å²) >= 11 is 2.11. The predicted octanol–water partition coefficient (Wildman–Crippen LogP) is 2.91. The molecule has 0 aromatic carbocycles. The lowest BCUT2D eigenvalue weighted by Crippen LogP contribution is -2.38. The van der Waals surface area contributed by atoms with Gasteiger partial charge in [0.05, 0.1) is 11.9 Å². The van der Waals surface area contributed by atoms with Crippen LogP contribution in [0.5, 0.6) is 0 Å². The summed E-state index contributed by atoms with van der Waals surface area (Å²) in [6, 6.07) is 2.15. The van der Waals surface area contributed by atoms with Gasteiger partial charge in [-0.25, -0.2) is 0 Å². The van der Waals surface area contributed by atoms with Crippen LogP contribution in [0.2, 0.25) is 0 Å². The Balaban J connectivity index is 2.05. The van der Waals surface area contributed by atoms with E-state index in [0.717, 1.165) is 31.4 Å². The SMILES string of the molecule is CCCNCc1ccncc1N1CCSC(CC)C1. The van der Waals surface area contributed by atoms with Crippen molar-refractivity contribution in [3.63, 3.8) is 0 Å². The maximum atomic E-state index is 4.32. The van der Waals surface area contributed by atoms with Crippen molar-refractivity contribution in [3.8, 4) is 0 Å². The van der Waals surface area contributed by atoms with Gasteiger partial charge in [-0.2, -0.15) is 11.8 Å². The zero-order chi connectivity index (χ0) is 13.5. The first kappa shape index (κ1) is 14.7. The lowest BCUT2D eigenvalue weighted by molar-refractivity contribution is 0.667. The number of rotatable bonds is 6. The molecule has 1 unspecified atom stereocenters. The molecule has 1 atom stereocenters. The van der Waals surface area contributed by atoms with E-state index in [4.69, 9.17) is 0 Å². The van der Waals surface area contributed by atoms with E-state index >= 15 is 0 Å². The molecule has 0 saturated carbocycles. The van der Waals surface area contributed by atoms with Gasteiger partial charge in [-0.05, 0) is 31.0 Å². The molecule has 1 aromatic rings. The van der Waals surface area contributed by atoms with Gasteiger partial charge in [0.15, 0.2) is 0 Å². The summed E-state index contributed by atoms with van der Waals surface area (Å²) in [6.07, 6.45) is 6.37. The van der Waals surface area contributed by atoms with Crippen LogP contribution in [0.1, 0.15) is 32.3 Å². The summed E-state index contributed by atoms with van der Waals surface area (Å²) in [7, 11) is 0. The van der Waals surface area contributed by atoms with E-state index in [2.05, 4.69) is 46.9 Å². The average molecular weight is 279 g/mol. The molecule has 1 aliphatic rings. The van der Waals surface area contributed by atoms with Crippen LogP contribution in [-0.4, -0.2) is 35.6 Å². The molecule has 2 heterocycles. The van der Waals surface area contributed by atoms with Crippen molar-refractivity contribution in [2.24, 2.45) is 0 Å². The van der Waals surface area contributed by atoms with Crippen molar-refractivity contribution < 1.29 is 0 Å². The summed E-state index contributed by atoms with van der Waals surface area (Å²) in [5.41, 5.74) is 2.70. The predicted molar refractivity (Wildman–Crippen MR) is 85.0 cm³/mol. The Bertz CT molecular complexity index is 383. The standard InChI is InChI=1S/C15H25N3S/c1-3-6-16-10-13-5-7-17-11-15(13)18-8-9-19-14(4-2)12-18/h5,7,11,14,16H,3-4,6,8-10,12H2,1-2H3. The van der Waals surface area contributed by atoms with Crippen LogP contribution < -0.4 is 10.2 Å². The number of pyridine rings is 1. The number of nitrogens with one attached hydrogen (secondary N) is 1. The highest BCUT2D eigenvalue weighted by molar-refractivity contribution is 8.00. The van der Waals surface area contributed by atoms with Crippen LogP contribution in [0.15, 0.2) is 18.5 Å². The molecule has 1 aromatic heterocycles. The molecule has 1 N–H and O–H groups in total. The van der Waals surface area contributed by atoms with E-state index in [1.165, 1.54) is 29.8 Å². The number of anilines is 1. The Morgan fingerprint density at radius 3 is 3.16 bits per heavy atom. The van der Waals surface area contributed by atoms with Gasteiger partial charge in [0.1, 0.15) is 0 Å². The van der Waals surface area contributed by atoms with Gasteiger partial charge in [-0.15, -0.1) is 0 Å². The fourth-order valence-corrected chi connectivity index (χ4v) is 3.61. The van der Waals surface area contributed by atoms with E-state index in [-0.39, 0.29) is 0 Å². The largest absolute Gasteiger partial charge is 0.368 e. The molecule has 0 amide bonds. The number of hydrogen-bond acceptors (Lipinski definition) is 4. The zero-order valence-corrected chi connectivity index (χ0v) is 12.9. The molecule has 0 spiro atoms. The van der Waals surface area contributed by atoms with Crippen molar-refractivity contribution in [1.29, 1.82) is 0 Å². The number of aromatic nitrogens is 1. The van der Waals surface area contributed by atoms with Gasteiger partial charge < -0.3 is 10.2 Å². The Labute approximate surface area is 121 Å². The van der Waals surface area contributed by atoms with Crippen molar-refractivity contribution in [2.75, 3.05) is 30.3 Å². The zero-order valence-electron chi connectivity index (χ0n) is 12.1. The first-order valence-corrected chi connectivity index (χ1v) is 8.40. The molecule has 3 nitrogen and oxygen atoms in total. The molecule has 2 rings (SSSR count). The second-order valence-electron chi connectivity index (χ2n) is 5.03. The summed E-state index contributed by atoms with van der Waals surface area (Å²) in [6.45, 7) is 8.82. The van der Waals surface area contributed by atoms with Crippen molar-refractivity contribution in [1.82, 2.24) is 10.3 Å². The molecule has 106 valence electrons. The molecule has 1 saturated heterocycles. The van der Waals surface area contributed by atoms with Crippen LogP contribution in [0.4, 0.5) is 5.69 Å². The fraction of sp³-hybridized carbons (Fsp3) is 0.667. The molecule has 1 aliphatic heterocycles. The lowest BCUT2D eigenvalue weighted by Gasteiger charge is -2.34. The molecule has 0 aliphatic carbocycles. The van der Waals surface area contributed by atoms with Crippen LogP contribution in [0.3, 0.4) is 0 Å². The Kier molecular flexibility index (Phi) is 5.98. The van der Waals surface area contributed by atoms with Gasteiger partial charge in [-0.1, -0.05) is 13.8 Å². The average Bonchev–Trinajstić information content (AvgIpc) is 2.48. The van der Waals surface area contributed by atoms with Gasteiger partial charge in [0, 0.05) is 36.8 Å². The number of nitrogens with zero attached hydrogens (tertiary/aromatic N) is 2. The lowest BCUT2D eigenvalue weighted by atomic mass is 10.2. The van der Waals surface area contributed by atoms with Crippen LogP contribution in [0.25, 0.3) is 0 Å². The normalized spacial score (nSPS) is 19.7. The van der Waals surface area contributed by atoms with E-state index in [1.54, 1.807) is 0 Å². The van der Waals surface area contributed by atoms with Gasteiger partial charge in [-0.3, -0.25) is 4.98 Å². The molecular weight excluding hydrogens is 254 g/mol. The summed E-state index contributed by atoms with van der Waals surface area (Å²) in [5.74, 6) is 1.23. The van der Waals surface area contributed by atoms with E-state index in [9.17, 15) is 0 Å². The van der Waals surface area contributed by atoms with Gasteiger partial charge in [0.2, 0.25) is 0 Å². The molecule has 1 fully saturated rings. The third-order valence-corrected chi connectivity index (χ3v) is 4.94. The minimum absolute atomic E-state index is 0.769. The van der Waals surface area contributed by atoms with Crippen LogP contribution in [-0.2, 0) is 6.54 Å². The van der Waals surface area contributed by atoms with Crippen LogP contribution >= 0.6 is 11.8 Å². The molecule has 0 bridgehead atoms. The smallest absolute Gasteiger partial charge is 0.0599 e. The van der Waals surface area contributed by atoms with E-state index < -0.39 is 0 Å². The van der Waals surface area contributed by atoms with Gasteiger partial charge >= 0.3 is 0 Å². The second kappa shape index (κ2) is 7.75. The monoisotopic (exact) mass is 279 g/mol. The Hall–Kier alpha value is -0.740. The number of thioether (sulfide) groups is 1. The third kappa shape index (κ3) is 4.11. The maximum Gasteiger partial charge on any atom is 0.0599 e. The first-order valence-electron chi connectivity index (χ1n) is 7.35. The third-order valence-electron chi connectivity index (χ3n) is 3.56. The summed E-state index contributed by atoms with van der Waals surface area (Å²) in [4.78, 5) is 6.84.